The van der Waals surface area contributed by atoms with Crippen molar-refractivity contribution < 1.29 is 5.11 Å². The molecule has 1 rings (SSSR count). The molecule has 1 atom stereocenters. The third-order valence-corrected chi connectivity index (χ3v) is 3.67. The average molecular weight is 213 g/mol. The Morgan fingerprint density at radius 2 is 1.87 bits per heavy atom. The summed E-state index contributed by atoms with van der Waals surface area (Å²) in [4.78, 5) is 2.31. The Morgan fingerprint density at radius 3 is 2.40 bits per heavy atom. The van der Waals surface area contributed by atoms with Gasteiger partial charge in [0.15, 0.2) is 0 Å². The molecule has 90 valence electrons. The Hall–Kier alpha value is -0.0800. The van der Waals surface area contributed by atoms with Crippen LogP contribution in [0.5, 0.6) is 0 Å². The number of hydrogen-bond acceptors (Lipinski definition) is 2. The third-order valence-electron chi connectivity index (χ3n) is 3.67. The van der Waals surface area contributed by atoms with E-state index in [1.54, 1.807) is 0 Å². The molecular formula is C13H27NO. The van der Waals surface area contributed by atoms with Crippen molar-refractivity contribution in [2.45, 2.75) is 58.0 Å². The number of aliphatic hydroxyl groups is 1. The monoisotopic (exact) mass is 213 g/mol. The van der Waals surface area contributed by atoms with Gasteiger partial charge in [-0.1, -0.05) is 26.2 Å². The number of nitrogens with zero attached hydrogens (tertiary/aromatic N) is 1. The molecule has 0 aromatic carbocycles. The average Bonchev–Trinajstić information content (AvgIpc) is 2.18. The highest BCUT2D eigenvalue weighted by Gasteiger charge is 2.22. The second-order valence-electron chi connectivity index (χ2n) is 5.55. The zero-order chi connectivity index (χ0) is 11.3. The Labute approximate surface area is 94.7 Å². The SMILES string of the molecule is CCC(C)(O)CN(C)CC1CCCCC1. The molecule has 0 bridgehead atoms. The van der Waals surface area contributed by atoms with E-state index in [1.165, 1.54) is 32.1 Å². The van der Waals surface area contributed by atoms with Gasteiger partial charge in [-0.25, -0.2) is 0 Å². The molecule has 0 spiro atoms. The van der Waals surface area contributed by atoms with E-state index in [-0.39, 0.29) is 0 Å². The van der Waals surface area contributed by atoms with Crippen LogP contribution in [0.25, 0.3) is 0 Å². The molecule has 2 heteroatoms. The minimum Gasteiger partial charge on any atom is -0.389 e. The van der Waals surface area contributed by atoms with Crippen LogP contribution in [0.1, 0.15) is 52.4 Å². The van der Waals surface area contributed by atoms with Gasteiger partial charge in [0.25, 0.3) is 0 Å². The molecule has 0 aromatic heterocycles. The molecular weight excluding hydrogens is 186 g/mol. The quantitative estimate of drug-likeness (QED) is 0.759. The van der Waals surface area contributed by atoms with Crippen LogP contribution in [0.3, 0.4) is 0 Å². The lowest BCUT2D eigenvalue weighted by atomic mass is 9.88. The van der Waals surface area contributed by atoms with Gasteiger partial charge in [-0.05, 0) is 39.2 Å². The third kappa shape index (κ3) is 4.98. The van der Waals surface area contributed by atoms with Crippen molar-refractivity contribution >= 4 is 0 Å². The topological polar surface area (TPSA) is 23.5 Å². The van der Waals surface area contributed by atoms with Crippen molar-refractivity contribution in [1.82, 2.24) is 4.90 Å². The van der Waals surface area contributed by atoms with Crippen LogP contribution in [0.4, 0.5) is 0 Å². The van der Waals surface area contributed by atoms with Gasteiger partial charge in [0, 0.05) is 13.1 Å². The van der Waals surface area contributed by atoms with Gasteiger partial charge in [0.2, 0.25) is 0 Å². The lowest BCUT2D eigenvalue weighted by Gasteiger charge is -2.32. The zero-order valence-electron chi connectivity index (χ0n) is 10.6. The molecule has 1 fully saturated rings. The van der Waals surface area contributed by atoms with Crippen LogP contribution < -0.4 is 0 Å². The molecule has 1 aliphatic carbocycles. The smallest absolute Gasteiger partial charge is 0.0743 e. The summed E-state index contributed by atoms with van der Waals surface area (Å²) < 4.78 is 0. The van der Waals surface area contributed by atoms with Gasteiger partial charge >= 0.3 is 0 Å². The second-order valence-corrected chi connectivity index (χ2v) is 5.55. The molecule has 1 N–H and O–H groups in total. The lowest BCUT2D eigenvalue weighted by molar-refractivity contribution is 0.0185. The molecule has 0 amide bonds. The molecule has 0 heterocycles. The maximum Gasteiger partial charge on any atom is 0.0743 e. The van der Waals surface area contributed by atoms with E-state index in [1.807, 2.05) is 6.92 Å². The summed E-state index contributed by atoms with van der Waals surface area (Å²) in [5.41, 5.74) is -0.510. The molecule has 0 aliphatic heterocycles. The van der Waals surface area contributed by atoms with E-state index in [4.69, 9.17) is 0 Å². The molecule has 1 saturated carbocycles. The van der Waals surface area contributed by atoms with E-state index >= 15 is 0 Å². The van der Waals surface area contributed by atoms with Gasteiger partial charge in [-0.15, -0.1) is 0 Å². The van der Waals surface area contributed by atoms with Crippen molar-refractivity contribution in [3.63, 3.8) is 0 Å². The highest BCUT2D eigenvalue weighted by molar-refractivity contribution is 4.76. The van der Waals surface area contributed by atoms with E-state index in [2.05, 4.69) is 18.9 Å². The molecule has 2 nitrogen and oxygen atoms in total. The second kappa shape index (κ2) is 5.86. The van der Waals surface area contributed by atoms with Crippen LogP contribution in [-0.2, 0) is 0 Å². The minimum atomic E-state index is -0.510. The number of hydrogen-bond donors (Lipinski definition) is 1. The maximum absolute atomic E-state index is 9.98. The van der Waals surface area contributed by atoms with Crippen molar-refractivity contribution in [3.05, 3.63) is 0 Å². The van der Waals surface area contributed by atoms with Crippen molar-refractivity contribution in [1.29, 1.82) is 0 Å². The zero-order valence-corrected chi connectivity index (χ0v) is 10.6. The largest absolute Gasteiger partial charge is 0.389 e. The standard InChI is InChI=1S/C13H27NO/c1-4-13(2,15)11-14(3)10-12-8-6-5-7-9-12/h12,15H,4-11H2,1-3H3. The summed E-state index contributed by atoms with van der Waals surface area (Å²) in [6, 6.07) is 0. The fourth-order valence-corrected chi connectivity index (χ4v) is 2.57. The lowest BCUT2D eigenvalue weighted by Crippen LogP contribution is -2.40. The summed E-state index contributed by atoms with van der Waals surface area (Å²) in [6.45, 7) is 5.95. The first-order valence-corrected chi connectivity index (χ1v) is 6.44. The number of likely N-dealkylation sites (N-methyl/N-ethyl adjacent to an activating group) is 1. The molecule has 15 heavy (non-hydrogen) atoms. The first kappa shape index (κ1) is 13.0. The first-order valence-electron chi connectivity index (χ1n) is 6.44. The number of rotatable bonds is 5. The highest BCUT2D eigenvalue weighted by atomic mass is 16.3. The predicted molar refractivity (Wildman–Crippen MR) is 65.0 cm³/mol. The molecule has 1 aliphatic rings. The summed E-state index contributed by atoms with van der Waals surface area (Å²) in [5, 5.41) is 9.98. The molecule has 0 saturated heterocycles. The predicted octanol–water partition coefficient (Wildman–Crippen LogP) is 2.66. The fraction of sp³-hybridized carbons (Fsp3) is 1.00. The highest BCUT2D eigenvalue weighted by Crippen LogP contribution is 2.24. The van der Waals surface area contributed by atoms with Gasteiger partial charge in [0.1, 0.15) is 0 Å². The van der Waals surface area contributed by atoms with E-state index in [9.17, 15) is 5.11 Å². The van der Waals surface area contributed by atoms with E-state index < -0.39 is 5.60 Å². The van der Waals surface area contributed by atoms with Gasteiger partial charge in [-0.2, -0.15) is 0 Å². The van der Waals surface area contributed by atoms with Crippen LogP contribution in [0, 0.1) is 5.92 Å². The van der Waals surface area contributed by atoms with Crippen LogP contribution in [0.2, 0.25) is 0 Å². The Bertz CT molecular complexity index is 173. The van der Waals surface area contributed by atoms with Crippen LogP contribution in [-0.4, -0.2) is 35.7 Å². The Kier molecular flexibility index (Phi) is 5.07. The summed E-state index contributed by atoms with van der Waals surface area (Å²) in [5.74, 6) is 0.872. The summed E-state index contributed by atoms with van der Waals surface area (Å²) >= 11 is 0. The summed E-state index contributed by atoms with van der Waals surface area (Å²) in [7, 11) is 2.14. The fourth-order valence-electron chi connectivity index (χ4n) is 2.57. The van der Waals surface area contributed by atoms with Crippen LogP contribution in [0.15, 0.2) is 0 Å². The van der Waals surface area contributed by atoms with Crippen molar-refractivity contribution in [3.8, 4) is 0 Å². The summed E-state index contributed by atoms with van der Waals surface area (Å²) in [6.07, 6.45) is 7.84. The molecule has 0 aromatic rings. The van der Waals surface area contributed by atoms with E-state index in [0.29, 0.717) is 0 Å². The Morgan fingerprint density at radius 1 is 1.27 bits per heavy atom. The maximum atomic E-state index is 9.98. The van der Waals surface area contributed by atoms with Gasteiger partial charge in [0.05, 0.1) is 5.60 Å². The van der Waals surface area contributed by atoms with Gasteiger partial charge in [-0.3, -0.25) is 0 Å². The molecule has 1 unspecified atom stereocenters. The van der Waals surface area contributed by atoms with Crippen molar-refractivity contribution in [2.75, 3.05) is 20.1 Å². The molecule has 0 radical (unpaired) electrons. The van der Waals surface area contributed by atoms with Crippen LogP contribution >= 0.6 is 0 Å². The normalized spacial score (nSPS) is 23.0. The van der Waals surface area contributed by atoms with Crippen molar-refractivity contribution in [2.24, 2.45) is 5.92 Å². The van der Waals surface area contributed by atoms with E-state index in [0.717, 1.165) is 25.4 Å². The first-order chi connectivity index (χ1) is 7.03. The van der Waals surface area contributed by atoms with Gasteiger partial charge < -0.3 is 10.0 Å². The Balaban J connectivity index is 2.25. The minimum absolute atomic E-state index is 0.510.